The maximum atomic E-state index is 2.48. The van der Waals surface area contributed by atoms with Crippen molar-refractivity contribution < 1.29 is 0 Å². The molecule has 5 aromatic carbocycles. The zero-order valence-electron chi connectivity index (χ0n) is 22.9. The van der Waals surface area contributed by atoms with Gasteiger partial charge in [0.05, 0.1) is 0 Å². The highest BCUT2D eigenvalue weighted by molar-refractivity contribution is 6.05. The van der Waals surface area contributed by atoms with Crippen LogP contribution in [-0.2, 0) is 5.41 Å². The zero-order valence-corrected chi connectivity index (χ0v) is 22.9. The summed E-state index contributed by atoms with van der Waals surface area (Å²) in [5.74, 6) is 2.95. The Morgan fingerprint density at radius 3 is 1.64 bits per heavy atom. The Bertz CT molecular complexity index is 1640. The summed E-state index contributed by atoms with van der Waals surface area (Å²) in [6.07, 6.45) is 8.79. The Hall–Kier alpha value is -3.64. The Kier molecular flexibility index (Phi) is 5.34. The second-order valence-electron chi connectivity index (χ2n) is 12.9. The maximum absolute atomic E-state index is 2.48. The van der Waals surface area contributed by atoms with E-state index in [1.165, 1.54) is 88.2 Å². The minimum atomic E-state index is 0.459. The van der Waals surface area contributed by atoms with Crippen molar-refractivity contribution in [2.24, 2.45) is 17.8 Å². The molecule has 4 saturated carbocycles. The van der Waals surface area contributed by atoms with Gasteiger partial charge in [-0.2, -0.15) is 0 Å². The number of hydrogen-bond acceptors (Lipinski definition) is 0. The standard InChI is InChI=1S/C39H36/c1-26-17-32(30-7-3-2-4-8-30)22-33(18-26)36-16-15-35(37-9-5-6-10-38(36)37)31-11-13-34(14-12-31)39-23-27-19-28(24-39)21-29(20-27)25-39/h2-18,22,27-29H,19-21,23-25H2,1H3. The van der Waals surface area contributed by atoms with Crippen molar-refractivity contribution >= 4 is 10.8 Å². The molecule has 4 bridgehead atoms. The predicted octanol–water partition coefficient (Wildman–Crippen LogP) is 10.6. The molecule has 0 aromatic heterocycles. The Balaban J connectivity index is 1.18. The van der Waals surface area contributed by atoms with Gasteiger partial charge in [-0.1, -0.05) is 103 Å². The number of fused-ring (bicyclic) bond motifs is 1. The average molecular weight is 505 g/mol. The van der Waals surface area contributed by atoms with Crippen LogP contribution in [-0.4, -0.2) is 0 Å². The van der Waals surface area contributed by atoms with Crippen molar-refractivity contribution in [3.8, 4) is 33.4 Å². The third-order valence-electron chi connectivity index (χ3n) is 10.3. The first-order chi connectivity index (χ1) is 19.1. The number of aryl methyl sites for hydroxylation is 1. The average Bonchev–Trinajstić information content (AvgIpc) is 2.96. The van der Waals surface area contributed by atoms with Crippen LogP contribution in [0.25, 0.3) is 44.2 Å². The van der Waals surface area contributed by atoms with Crippen LogP contribution in [0, 0.1) is 24.7 Å². The van der Waals surface area contributed by atoms with Crippen LogP contribution in [0.4, 0.5) is 0 Å². The van der Waals surface area contributed by atoms with E-state index in [2.05, 4.69) is 116 Å². The van der Waals surface area contributed by atoms with Crippen molar-refractivity contribution in [1.29, 1.82) is 0 Å². The predicted molar refractivity (Wildman–Crippen MR) is 165 cm³/mol. The van der Waals surface area contributed by atoms with Crippen molar-refractivity contribution in [2.45, 2.75) is 50.9 Å². The molecule has 0 heteroatoms. The Labute approximate surface area is 232 Å². The fraction of sp³-hybridized carbons (Fsp3) is 0.282. The van der Waals surface area contributed by atoms with Gasteiger partial charge in [-0.3, -0.25) is 0 Å². The minimum absolute atomic E-state index is 0.459. The summed E-state index contributed by atoms with van der Waals surface area (Å²) in [5.41, 5.74) is 11.2. The largest absolute Gasteiger partial charge is 0.0622 e. The van der Waals surface area contributed by atoms with E-state index < -0.39 is 0 Å². The summed E-state index contributed by atoms with van der Waals surface area (Å²) < 4.78 is 0. The highest BCUT2D eigenvalue weighted by atomic mass is 14.6. The van der Waals surface area contributed by atoms with Gasteiger partial charge in [0.15, 0.2) is 0 Å². The van der Waals surface area contributed by atoms with Gasteiger partial charge in [0, 0.05) is 0 Å². The fourth-order valence-corrected chi connectivity index (χ4v) is 9.01. The molecule has 39 heavy (non-hydrogen) atoms. The van der Waals surface area contributed by atoms with Gasteiger partial charge in [0.2, 0.25) is 0 Å². The third kappa shape index (κ3) is 3.96. The van der Waals surface area contributed by atoms with E-state index in [4.69, 9.17) is 0 Å². The second-order valence-corrected chi connectivity index (χ2v) is 12.9. The minimum Gasteiger partial charge on any atom is -0.0622 e. The number of rotatable bonds is 4. The van der Waals surface area contributed by atoms with Crippen LogP contribution < -0.4 is 0 Å². The first-order valence-electron chi connectivity index (χ1n) is 14.9. The van der Waals surface area contributed by atoms with Crippen LogP contribution in [0.2, 0.25) is 0 Å². The smallest absolute Gasteiger partial charge is 0.00391 e. The molecular formula is C39H36. The molecule has 0 saturated heterocycles. The fourth-order valence-electron chi connectivity index (χ4n) is 9.01. The van der Waals surface area contributed by atoms with Gasteiger partial charge in [-0.25, -0.2) is 0 Å². The van der Waals surface area contributed by atoms with Crippen LogP contribution >= 0.6 is 0 Å². The molecule has 0 unspecified atom stereocenters. The molecule has 4 aliphatic carbocycles. The molecule has 0 spiro atoms. The molecule has 4 aliphatic rings. The molecule has 0 radical (unpaired) electrons. The topological polar surface area (TPSA) is 0 Å². The summed E-state index contributed by atoms with van der Waals surface area (Å²) in [5, 5.41) is 2.66. The SMILES string of the molecule is Cc1cc(-c2ccccc2)cc(-c2ccc(-c3ccc(C45CC6CC(CC(C6)C4)C5)cc3)c3ccccc23)c1. The third-order valence-corrected chi connectivity index (χ3v) is 10.3. The van der Waals surface area contributed by atoms with Crippen LogP contribution in [0.1, 0.15) is 49.7 Å². The van der Waals surface area contributed by atoms with Gasteiger partial charge < -0.3 is 0 Å². The van der Waals surface area contributed by atoms with Crippen molar-refractivity contribution in [1.82, 2.24) is 0 Å². The lowest BCUT2D eigenvalue weighted by atomic mass is 9.48. The lowest BCUT2D eigenvalue weighted by Gasteiger charge is -2.57. The van der Waals surface area contributed by atoms with Gasteiger partial charge >= 0.3 is 0 Å². The normalized spacial score (nSPS) is 25.3. The maximum Gasteiger partial charge on any atom is -0.00391 e. The molecule has 0 N–H and O–H groups in total. The monoisotopic (exact) mass is 504 g/mol. The lowest BCUT2D eigenvalue weighted by Crippen LogP contribution is -2.48. The first kappa shape index (κ1) is 23.3. The summed E-state index contributed by atoms with van der Waals surface area (Å²) in [7, 11) is 0. The quantitative estimate of drug-likeness (QED) is 0.228. The van der Waals surface area contributed by atoms with E-state index in [1.54, 1.807) is 5.56 Å². The molecule has 9 rings (SSSR count). The molecule has 0 aliphatic heterocycles. The summed E-state index contributed by atoms with van der Waals surface area (Å²) in [6.45, 7) is 2.21. The molecule has 5 aromatic rings. The van der Waals surface area contributed by atoms with E-state index in [9.17, 15) is 0 Å². The lowest BCUT2D eigenvalue weighted by molar-refractivity contribution is -0.00518. The van der Waals surface area contributed by atoms with E-state index in [0.29, 0.717) is 5.41 Å². The van der Waals surface area contributed by atoms with Gasteiger partial charge in [0.1, 0.15) is 0 Å². The molecule has 0 heterocycles. The van der Waals surface area contributed by atoms with E-state index in [1.807, 2.05) is 0 Å². The summed E-state index contributed by atoms with van der Waals surface area (Å²) in [4.78, 5) is 0. The highest BCUT2D eigenvalue weighted by Crippen LogP contribution is 2.60. The van der Waals surface area contributed by atoms with Gasteiger partial charge in [-0.05, 0) is 130 Å². The molecule has 0 nitrogen and oxygen atoms in total. The van der Waals surface area contributed by atoms with Gasteiger partial charge in [0.25, 0.3) is 0 Å². The van der Waals surface area contributed by atoms with E-state index in [-0.39, 0.29) is 0 Å². The van der Waals surface area contributed by atoms with Crippen molar-refractivity contribution in [3.63, 3.8) is 0 Å². The number of benzene rings is 5. The van der Waals surface area contributed by atoms with Crippen LogP contribution in [0.5, 0.6) is 0 Å². The van der Waals surface area contributed by atoms with Crippen molar-refractivity contribution in [3.05, 3.63) is 120 Å². The second kappa shape index (κ2) is 8.95. The molecule has 0 amide bonds. The van der Waals surface area contributed by atoms with E-state index >= 15 is 0 Å². The number of hydrogen-bond donors (Lipinski definition) is 0. The zero-order chi connectivity index (χ0) is 26.0. The Morgan fingerprint density at radius 2 is 1.03 bits per heavy atom. The molecule has 4 fully saturated rings. The molecule has 192 valence electrons. The van der Waals surface area contributed by atoms with Crippen LogP contribution in [0.15, 0.2) is 109 Å². The van der Waals surface area contributed by atoms with Crippen molar-refractivity contribution in [2.75, 3.05) is 0 Å². The Morgan fingerprint density at radius 1 is 0.487 bits per heavy atom. The highest BCUT2D eigenvalue weighted by Gasteiger charge is 2.51. The van der Waals surface area contributed by atoms with Crippen LogP contribution in [0.3, 0.4) is 0 Å². The summed E-state index contributed by atoms with van der Waals surface area (Å²) >= 11 is 0. The van der Waals surface area contributed by atoms with Gasteiger partial charge in [-0.15, -0.1) is 0 Å². The van der Waals surface area contributed by atoms with E-state index in [0.717, 1.165) is 17.8 Å². The molecular weight excluding hydrogens is 468 g/mol. The first-order valence-corrected chi connectivity index (χ1v) is 14.9. The summed E-state index contributed by atoms with van der Waals surface area (Å²) in [6, 6.07) is 41.1. The molecule has 0 atom stereocenters.